The van der Waals surface area contributed by atoms with Crippen molar-refractivity contribution < 1.29 is 0 Å². The molecule has 5 rings (SSSR count). The Hall–Kier alpha value is -3.90. The van der Waals surface area contributed by atoms with Crippen LogP contribution in [0.2, 0.25) is 0 Å². The molecule has 3 nitrogen and oxygen atoms in total. The molecule has 0 unspecified atom stereocenters. The van der Waals surface area contributed by atoms with Gasteiger partial charge < -0.3 is 4.57 Å². The monoisotopic (exact) mass is 373 g/mol. The quantitative estimate of drug-likeness (QED) is 0.362. The summed E-state index contributed by atoms with van der Waals surface area (Å²) in [5.41, 5.74) is 8.46. The van der Waals surface area contributed by atoms with E-state index in [2.05, 4.69) is 90.1 Å². The molecule has 0 atom stereocenters. The van der Waals surface area contributed by atoms with E-state index in [0.717, 1.165) is 16.9 Å². The van der Waals surface area contributed by atoms with E-state index in [1.807, 2.05) is 6.07 Å². The van der Waals surface area contributed by atoms with E-state index < -0.39 is 0 Å². The van der Waals surface area contributed by atoms with Crippen LogP contribution in [0.1, 0.15) is 16.7 Å². The highest BCUT2D eigenvalue weighted by atomic mass is 15.0. The van der Waals surface area contributed by atoms with Gasteiger partial charge in [-0.15, -0.1) is 0 Å². The second kappa shape index (κ2) is 6.61. The first kappa shape index (κ1) is 17.2. The van der Waals surface area contributed by atoms with Gasteiger partial charge in [0.25, 0.3) is 0 Å². The van der Waals surface area contributed by atoms with Crippen molar-refractivity contribution in [1.29, 1.82) is 5.26 Å². The average Bonchev–Trinajstić information content (AvgIpc) is 3.06. The number of fused-ring (bicyclic) bond motifs is 3. The summed E-state index contributed by atoms with van der Waals surface area (Å²) in [5, 5.41) is 11.7. The lowest BCUT2D eigenvalue weighted by Gasteiger charge is -2.09. The van der Waals surface area contributed by atoms with Crippen LogP contribution in [0, 0.1) is 25.2 Å². The minimum Gasteiger partial charge on any atom is -0.309 e. The first-order valence-corrected chi connectivity index (χ1v) is 9.62. The minimum absolute atomic E-state index is 0.618. The third-order valence-corrected chi connectivity index (χ3v) is 5.39. The van der Waals surface area contributed by atoms with E-state index in [-0.39, 0.29) is 0 Å². The SMILES string of the molecule is Cc1ccc2c(c1)c1cc(C)ccc1n2-c1ccc(-c2cc(C#N)ccn2)cc1. The highest BCUT2D eigenvalue weighted by molar-refractivity contribution is 6.09. The van der Waals surface area contributed by atoms with Gasteiger partial charge in [0, 0.05) is 28.2 Å². The van der Waals surface area contributed by atoms with E-state index in [9.17, 15) is 0 Å². The Balaban J connectivity index is 1.70. The molecule has 0 saturated heterocycles. The molecule has 29 heavy (non-hydrogen) atoms. The standard InChI is InChI=1S/C26H19N3/c1-17-3-9-25-22(13-17)23-14-18(2)4-10-26(23)29(25)21-7-5-20(6-8-21)24-15-19(16-27)11-12-28-24/h3-15H,1-2H3. The van der Waals surface area contributed by atoms with Gasteiger partial charge in [-0.1, -0.05) is 35.4 Å². The maximum Gasteiger partial charge on any atom is 0.0992 e. The van der Waals surface area contributed by atoms with Crippen LogP contribution in [-0.4, -0.2) is 9.55 Å². The minimum atomic E-state index is 0.618. The van der Waals surface area contributed by atoms with Crippen molar-refractivity contribution in [3.63, 3.8) is 0 Å². The highest BCUT2D eigenvalue weighted by Crippen LogP contribution is 2.33. The molecule has 0 N–H and O–H groups in total. The van der Waals surface area contributed by atoms with Crippen LogP contribution >= 0.6 is 0 Å². The fourth-order valence-electron chi connectivity index (χ4n) is 3.97. The summed E-state index contributed by atoms with van der Waals surface area (Å²) in [4.78, 5) is 4.41. The first-order chi connectivity index (χ1) is 14.1. The normalized spacial score (nSPS) is 11.1. The highest BCUT2D eigenvalue weighted by Gasteiger charge is 2.13. The maximum absolute atomic E-state index is 9.14. The van der Waals surface area contributed by atoms with Gasteiger partial charge in [0.2, 0.25) is 0 Å². The number of hydrogen-bond acceptors (Lipinski definition) is 2. The molecule has 138 valence electrons. The topological polar surface area (TPSA) is 41.6 Å². The fraction of sp³-hybridized carbons (Fsp3) is 0.0769. The van der Waals surface area contributed by atoms with E-state index in [4.69, 9.17) is 5.26 Å². The zero-order valence-corrected chi connectivity index (χ0v) is 16.3. The van der Waals surface area contributed by atoms with Crippen molar-refractivity contribution in [2.75, 3.05) is 0 Å². The summed E-state index contributed by atoms with van der Waals surface area (Å²) < 4.78 is 2.31. The number of hydrogen-bond donors (Lipinski definition) is 0. The van der Waals surface area contributed by atoms with E-state index >= 15 is 0 Å². The molecule has 3 heteroatoms. The van der Waals surface area contributed by atoms with Gasteiger partial charge >= 0.3 is 0 Å². The molecule has 0 saturated carbocycles. The zero-order chi connectivity index (χ0) is 20.0. The van der Waals surface area contributed by atoms with Crippen molar-refractivity contribution in [2.45, 2.75) is 13.8 Å². The molecule has 0 fully saturated rings. The Morgan fingerprint density at radius 1 is 0.759 bits per heavy atom. The Morgan fingerprint density at radius 3 is 1.97 bits per heavy atom. The predicted octanol–water partition coefficient (Wildman–Crippen LogP) is 6.33. The molecule has 2 aromatic heterocycles. The Kier molecular flexibility index (Phi) is 3.93. The summed E-state index contributed by atoms with van der Waals surface area (Å²) in [7, 11) is 0. The third kappa shape index (κ3) is 2.86. The van der Waals surface area contributed by atoms with Gasteiger partial charge in [0.05, 0.1) is 28.4 Å². The zero-order valence-electron chi connectivity index (χ0n) is 16.3. The Bertz CT molecular complexity index is 1360. The molecule has 0 radical (unpaired) electrons. The van der Waals surface area contributed by atoms with E-state index in [0.29, 0.717) is 5.56 Å². The lowest BCUT2D eigenvalue weighted by Crippen LogP contribution is -1.94. The lowest BCUT2D eigenvalue weighted by molar-refractivity contribution is 1.18. The summed E-state index contributed by atoms with van der Waals surface area (Å²) in [6, 6.07) is 27.3. The first-order valence-electron chi connectivity index (χ1n) is 9.62. The van der Waals surface area contributed by atoms with Crippen LogP contribution in [0.5, 0.6) is 0 Å². The molecule has 0 aliphatic carbocycles. The number of nitrogens with zero attached hydrogens (tertiary/aromatic N) is 3. The van der Waals surface area contributed by atoms with Gasteiger partial charge in [-0.2, -0.15) is 5.26 Å². The number of rotatable bonds is 2. The van der Waals surface area contributed by atoms with Crippen LogP contribution < -0.4 is 0 Å². The van der Waals surface area contributed by atoms with Gasteiger partial charge in [0.1, 0.15) is 0 Å². The van der Waals surface area contributed by atoms with E-state index in [1.54, 1.807) is 12.3 Å². The largest absolute Gasteiger partial charge is 0.309 e. The Morgan fingerprint density at radius 2 is 1.38 bits per heavy atom. The Labute approximate surface area is 169 Å². The summed E-state index contributed by atoms with van der Waals surface area (Å²) in [6.07, 6.45) is 1.68. The van der Waals surface area contributed by atoms with Crippen molar-refractivity contribution >= 4 is 21.8 Å². The van der Waals surface area contributed by atoms with Crippen LogP contribution in [0.3, 0.4) is 0 Å². The second-order valence-corrected chi connectivity index (χ2v) is 7.47. The van der Waals surface area contributed by atoms with Crippen LogP contribution in [0.4, 0.5) is 0 Å². The molecular weight excluding hydrogens is 354 g/mol. The number of benzene rings is 3. The maximum atomic E-state index is 9.14. The molecule has 3 aromatic carbocycles. The number of aromatic nitrogens is 2. The molecule has 0 aliphatic rings. The predicted molar refractivity (Wildman–Crippen MR) is 118 cm³/mol. The van der Waals surface area contributed by atoms with Gasteiger partial charge in [-0.3, -0.25) is 4.98 Å². The molecule has 2 heterocycles. The summed E-state index contributed by atoms with van der Waals surface area (Å²) in [5.74, 6) is 0. The van der Waals surface area contributed by atoms with Crippen molar-refractivity contribution in [3.05, 3.63) is 95.7 Å². The fourth-order valence-corrected chi connectivity index (χ4v) is 3.97. The number of pyridine rings is 1. The lowest BCUT2D eigenvalue weighted by atomic mass is 10.1. The third-order valence-electron chi connectivity index (χ3n) is 5.39. The van der Waals surface area contributed by atoms with Gasteiger partial charge in [-0.05, 0) is 62.4 Å². The summed E-state index contributed by atoms with van der Waals surface area (Å²) >= 11 is 0. The average molecular weight is 373 g/mol. The van der Waals surface area contributed by atoms with Crippen LogP contribution in [0.15, 0.2) is 79.0 Å². The summed E-state index contributed by atoms with van der Waals surface area (Å²) in [6.45, 7) is 4.27. The molecule has 5 aromatic rings. The molecule has 0 spiro atoms. The number of aryl methyl sites for hydroxylation is 2. The second-order valence-electron chi connectivity index (χ2n) is 7.47. The smallest absolute Gasteiger partial charge is 0.0992 e. The molecule has 0 bridgehead atoms. The van der Waals surface area contributed by atoms with Gasteiger partial charge in [0.15, 0.2) is 0 Å². The number of nitriles is 1. The van der Waals surface area contributed by atoms with Gasteiger partial charge in [-0.25, -0.2) is 0 Å². The molecule has 0 amide bonds. The van der Waals surface area contributed by atoms with E-state index in [1.165, 1.54) is 32.9 Å². The molecular formula is C26H19N3. The van der Waals surface area contributed by atoms with Crippen molar-refractivity contribution in [3.8, 4) is 23.0 Å². The van der Waals surface area contributed by atoms with Crippen LogP contribution in [-0.2, 0) is 0 Å². The van der Waals surface area contributed by atoms with Crippen LogP contribution in [0.25, 0.3) is 38.8 Å². The van der Waals surface area contributed by atoms with Crippen molar-refractivity contribution in [1.82, 2.24) is 9.55 Å². The van der Waals surface area contributed by atoms with Crippen molar-refractivity contribution in [2.24, 2.45) is 0 Å². The molecule has 0 aliphatic heterocycles.